The maximum Gasteiger partial charge on any atom is 0.329 e. The summed E-state index contributed by atoms with van der Waals surface area (Å²) in [5.41, 5.74) is -1.21. The number of aliphatic hydroxyl groups is 1. The van der Waals surface area contributed by atoms with Crippen LogP contribution in [0.2, 0.25) is 0 Å². The van der Waals surface area contributed by atoms with E-state index in [-0.39, 0.29) is 18.7 Å². The van der Waals surface area contributed by atoms with Gasteiger partial charge in [-0.1, -0.05) is 0 Å². The second-order valence-electron chi connectivity index (χ2n) is 5.79. The molecular formula is C14H24N2O5. The lowest BCUT2D eigenvalue weighted by Crippen LogP contribution is -2.60. The van der Waals surface area contributed by atoms with E-state index in [1.807, 2.05) is 0 Å². The van der Waals surface area contributed by atoms with Gasteiger partial charge in [0.05, 0.1) is 0 Å². The number of hydrogen-bond donors (Lipinski definition) is 3. The molecule has 1 unspecified atom stereocenters. The quantitative estimate of drug-likeness (QED) is 0.689. The predicted octanol–water partition coefficient (Wildman–Crippen LogP) is 0.567. The van der Waals surface area contributed by atoms with Gasteiger partial charge in [-0.2, -0.15) is 0 Å². The fourth-order valence-corrected chi connectivity index (χ4v) is 3.12. The first kappa shape index (κ1) is 16.0. The van der Waals surface area contributed by atoms with Crippen LogP contribution in [0.4, 0.5) is 4.79 Å². The Bertz CT molecular complexity index is 382. The minimum atomic E-state index is -1.21. The first-order valence-electron chi connectivity index (χ1n) is 7.60. The largest absolute Gasteiger partial charge is 0.480 e. The molecule has 2 saturated heterocycles. The molecule has 0 aromatic rings. The number of ether oxygens (including phenoxy) is 1. The number of likely N-dealkylation sites (tertiary alicyclic amines) is 1. The third-order valence-corrected chi connectivity index (χ3v) is 4.44. The van der Waals surface area contributed by atoms with Gasteiger partial charge in [-0.3, -0.25) is 0 Å². The van der Waals surface area contributed by atoms with Crippen molar-refractivity contribution in [3.63, 3.8) is 0 Å². The molecule has 120 valence electrons. The van der Waals surface area contributed by atoms with Crippen LogP contribution in [0.15, 0.2) is 0 Å². The number of carbonyl (C=O) groups is 2. The molecule has 1 atom stereocenters. The Morgan fingerprint density at radius 1 is 1.33 bits per heavy atom. The van der Waals surface area contributed by atoms with Gasteiger partial charge in [0.1, 0.15) is 5.54 Å². The van der Waals surface area contributed by atoms with E-state index in [0.29, 0.717) is 39.0 Å². The Labute approximate surface area is 124 Å². The number of rotatable bonds is 5. The number of carbonyl (C=O) groups excluding carboxylic acids is 1. The molecule has 21 heavy (non-hydrogen) atoms. The van der Waals surface area contributed by atoms with Crippen LogP contribution in [0.1, 0.15) is 38.5 Å². The van der Waals surface area contributed by atoms with Crippen LogP contribution in [0.25, 0.3) is 0 Å². The van der Waals surface area contributed by atoms with Crippen LogP contribution in [0, 0.1) is 0 Å². The van der Waals surface area contributed by atoms with Gasteiger partial charge in [-0.25, -0.2) is 9.59 Å². The molecular weight excluding hydrogens is 276 g/mol. The number of aliphatic hydroxyl groups excluding tert-OH is 1. The van der Waals surface area contributed by atoms with E-state index in [4.69, 9.17) is 9.84 Å². The molecule has 2 aliphatic heterocycles. The van der Waals surface area contributed by atoms with Crippen molar-refractivity contribution in [2.45, 2.75) is 50.1 Å². The molecule has 2 rings (SSSR count). The number of amides is 2. The summed E-state index contributed by atoms with van der Waals surface area (Å²) in [6, 6.07) is -0.206. The molecule has 7 heteroatoms. The summed E-state index contributed by atoms with van der Waals surface area (Å²) in [5, 5.41) is 21.1. The van der Waals surface area contributed by atoms with Gasteiger partial charge >= 0.3 is 12.0 Å². The lowest BCUT2D eigenvalue weighted by molar-refractivity contribution is -0.148. The highest BCUT2D eigenvalue weighted by atomic mass is 16.5. The van der Waals surface area contributed by atoms with Crippen LogP contribution in [-0.2, 0) is 9.53 Å². The predicted molar refractivity (Wildman–Crippen MR) is 75.0 cm³/mol. The summed E-state index contributed by atoms with van der Waals surface area (Å²) in [7, 11) is 0. The van der Waals surface area contributed by atoms with Crippen molar-refractivity contribution in [1.82, 2.24) is 10.2 Å². The van der Waals surface area contributed by atoms with Gasteiger partial charge in [-0.05, 0) is 25.7 Å². The van der Waals surface area contributed by atoms with Crippen LogP contribution in [-0.4, -0.2) is 65.1 Å². The zero-order chi connectivity index (χ0) is 15.3. The number of nitrogens with zero attached hydrogens (tertiary/aromatic N) is 1. The smallest absolute Gasteiger partial charge is 0.329 e. The summed E-state index contributed by atoms with van der Waals surface area (Å²) < 4.78 is 5.20. The van der Waals surface area contributed by atoms with Crippen molar-refractivity contribution in [3.05, 3.63) is 0 Å². The highest BCUT2D eigenvalue weighted by Gasteiger charge is 2.43. The molecule has 2 fully saturated rings. The number of nitrogens with one attached hydrogen (secondary N) is 1. The average Bonchev–Trinajstić information content (AvgIpc) is 2.94. The fourth-order valence-electron chi connectivity index (χ4n) is 3.12. The van der Waals surface area contributed by atoms with E-state index in [1.165, 1.54) is 0 Å². The number of carboxylic acid groups (broad SMARTS) is 1. The van der Waals surface area contributed by atoms with Crippen molar-refractivity contribution in [1.29, 1.82) is 0 Å². The van der Waals surface area contributed by atoms with Gasteiger partial charge in [0.25, 0.3) is 0 Å². The first-order chi connectivity index (χ1) is 10.1. The Morgan fingerprint density at radius 2 is 2.05 bits per heavy atom. The van der Waals surface area contributed by atoms with Crippen molar-refractivity contribution in [3.8, 4) is 0 Å². The SMILES string of the molecule is O=C(NC1(C(=O)O)CCOCC1)N1CCCC1CCCO. The number of carboxylic acids is 1. The number of hydrogen-bond acceptors (Lipinski definition) is 4. The Morgan fingerprint density at radius 3 is 2.67 bits per heavy atom. The summed E-state index contributed by atoms with van der Waals surface area (Å²) in [4.78, 5) is 25.7. The summed E-state index contributed by atoms with van der Waals surface area (Å²) >= 11 is 0. The Balaban J connectivity index is 1.99. The second-order valence-corrected chi connectivity index (χ2v) is 5.79. The van der Waals surface area contributed by atoms with Crippen LogP contribution < -0.4 is 5.32 Å². The lowest BCUT2D eigenvalue weighted by atomic mass is 9.90. The number of aliphatic carboxylic acids is 1. The zero-order valence-corrected chi connectivity index (χ0v) is 12.2. The molecule has 0 radical (unpaired) electrons. The van der Waals surface area contributed by atoms with E-state index >= 15 is 0 Å². The van der Waals surface area contributed by atoms with Crippen LogP contribution in [0.3, 0.4) is 0 Å². The Hall–Kier alpha value is -1.34. The van der Waals surface area contributed by atoms with E-state index in [9.17, 15) is 14.7 Å². The monoisotopic (exact) mass is 300 g/mol. The highest BCUT2D eigenvalue weighted by Crippen LogP contribution is 2.25. The molecule has 0 saturated carbocycles. The standard InChI is InChI=1S/C14H24N2O5/c17-8-2-4-11-3-1-7-16(11)13(20)15-14(12(18)19)5-9-21-10-6-14/h11,17H,1-10H2,(H,15,20)(H,18,19). The molecule has 2 heterocycles. The third-order valence-electron chi connectivity index (χ3n) is 4.44. The van der Waals surface area contributed by atoms with Gasteiger partial charge in [0.2, 0.25) is 0 Å². The summed E-state index contributed by atoms with van der Waals surface area (Å²) in [6.45, 7) is 1.46. The molecule has 3 N–H and O–H groups in total. The molecule has 2 aliphatic rings. The molecule has 0 aromatic heterocycles. The maximum atomic E-state index is 12.4. The van der Waals surface area contributed by atoms with E-state index < -0.39 is 11.5 Å². The normalized spacial score (nSPS) is 24.8. The fraction of sp³-hybridized carbons (Fsp3) is 0.857. The minimum absolute atomic E-state index is 0.0998. The first-order valence-corrected chi connectivity index (χ1v) is 7.60. The van der Waals surface area contributed by atoms with Crippen LogP contribution in [0.5, 0.6) is 0 Å². The van der Waals surface area contributed by atoms with Crippen molar-refractivity contribution >= 4 is 12.0 Å². The molecule has 2 amide bonds. The summed E-state index contributed by atoms with van der Waals surface area (Å²) in [6.07, 6.45) is 3.84. The van der Waals surface area contributed by atoms with E-state index in [2.05, 4.69) is 5.32 Å². The van der Waals surface area contributed by atoms with Crippen LogP contribution >= 0.6 is 0 Å². The second kappa shape index (κ2) is 7.09. The van der Waals surface area contributed by atoms with Gasteiger partial charge in [-0.15, -0.1) is 0 Å². The molecule has 7 nitrogen and oxygen atoms in total. The number of urea groups is 1. The average molecular weight is 300 g/mol. The third kappa shape index (κ3) is 3.65. The Kier molecular flexibility index (Phi) is 5.41. The summed E-state index contributed by atoms with van der Waals surface area (Å²) in [5.74, 6) is -0.995. The van der Waals surface area contributed by atoms with E-state index in [0.717, 1.165) is 19.3 Å². The molecule has 0 bridgehead atoms. The highest BCUT2D eigenvalue weighted by molar-refractivity contribution is 5.86. The van der Waals surface area contributed by atoms with Gasteiger partial charge in [0, 0.05) is 45.2 Å². The molecule has 0 spiro atoms. The zero-order valence-electron chi connectivity index (χ0n) is 12.2. The van der Waals surface area contributed by atoms with E-state index in [1.54, 1.807) is 4.90 Å². The molecule has 0 aromatic carbocycles. The van der Waals surface area contributed by atoms with Crippen molar-refractivity contribution in [2.24, 2.45) is 0 Å². The maximum absolute atomic E-state index is 12.4. The van der Waals surface area contributed by atoms with Gasteiger partial charge < -0.3 is 25.2 Å². The topological polar surface area (TPSA) is 99.1 Å². The van der Waals surface area contributed by atoms with Gasteiger partial charge in [0.15, 0.2) is 0 Å². The lowest BCUT2D eigenvalue weighted by Gasteiger charge is -2.36. The molecule has 0 aliphatic carbocycles. The van der Waals surface area contributed by atoms with Crippen molar-refractivity contribution < 1.29 is 24.5 Å². The minimum Gasteiger partial charge on any atom is -0.480 e. The van der Waals surface area contributed by atoms with Crippen molar-refractivity contribution in [2.75, 3.05) is 26.4 Å².